The van der Waals surface area contributed by atoms with Gasteiger partial charge in [-0.1, -0.05) is 0 Å². The topological polar surface area (TPSA) is 84.8 Å². The van der Waals surface area contributed by atoms with Gasteiger partial charge in [0.2, 0.25) is 0 Å². The molecule has 2 aromatic heterocycles. The van der Waals surface area contributed by atoms with Crippen molar-refractivity contribution in [3.05, 3.63) is 34.4 Å². The van der Waals surface area contributed by atoms with Crippen LogP contribution in [-0.4, -0.2) is 39.0 Å². The minimum Gasteiger partial charge on any atom is -0.373 e. The van der Waals surface area contributed by atoms with Crippen LogP contribution in [0.3, 0.4) is 0 Å². The van der Waals surface area contributed by atoms with Gasteiger partial charge in [0.25, 0.3) is 5.91 Å². The average Bonchev–Trinajstić information content (AvgIpc) is 3.03. The summed E-state index contributed by atoms with van der Waals surface area (Å²) in [6.07, 6.45) is 3.31. The molecular formula is C18H25N5O2. The van der Waals surface area contributed by atoms with Crippen LogP contribution in [0, 0.1) is 19.8 Å². The molecule has 1 aliphatic carbocycles. The van der Waals surface area contributed by atoms with Crippen LogP contribution in [-0.2, 0) is 11.8 Å². The fourth-order valence-electron chi connectivity index (χ4n) is 3.73. The molecule has 1 aliphatic heterocycles. The number of H-pyrrole nitrogens is 1. The van der Waals surface area contributed by atoms with Crippen LogP contribution >= 0.6 is 0 Å². The van der Waals surface area contributed by atoms with E-state index in [-0.39, 0.29) is 17.9 Å². The summed E-state index contributed by atoms with van der Waals surface area (Å²) in [6, 6.07) is 1.88. The van der Waals surface area contributed by atoms with Crippen LogP contribution in [0.25, 0.3) is 0 Å². The number of carbonyl (C=O) groups is 1. The zero-order valence-electron chi connectivity index (χ0n) is 15.0. The largest absolute Gasteiger partial charge is 0.373 e. The molecular weight excluding hydrogens is 318 g/mol. The zero-order chi connectivity index (χ0) is 17.6. The molecule has 0 aromatic carbocycles. The highest BCUT2D eigenvalue weighted by Crippen LogP contribution is 2.39. The maximum absolute atomic E-state index is 12.4. The van der Waals surface area contributed by atoms with Gasteiger partial charge in [-0.25, -0.2) is 0 Å². The monoisotopic (exact) mass is 343 g/mol. The number of hydrogen-bond donors (Lipinski definition) is 2. The Balaban J connectivity index is 1.41. The summed E-state index contributed by atoms with van der Waals surface area (Å²) in [7, 11) is 1.95. The minimum absolute atomic E-state index is 0.00444. The van der Waals surface area contributed by atoms with Gasteiger partial charge in [-0.15, -0.1) is 0 Å². The number of ether oxygens (including phenoxy) is 1. The Labute approximate surface area is 147 Å². The Bertz CT molecular complexity index is 789. The van der Waals surface area contributed by atoms with Gasteiger partial charge in [-0.05, 0) is 39.2 Å². The number of rotatable bonds is 5. The number of nitrogens with zero attached hydrogens (tertiary/aromatic N) is 3. The zero-order valence-corrected chi connectivity index (χ0v) is 15.0. The first-order valence-electron chi connectivity index (χ1n) is 8.99. The molecule has 3 heterocycles. The van der Waals surface area contributed by atoms with Crippen LogP contribution < -0.4 is 5.32 Å². The van der Waals surface area contributed by atoms with Crippen molar-refractivity contribution in [1.82, 2.24) is 25.3 Å². The first-order chi connectivity index (χ1) is 12.0. The summed E-state index contributed by atoms with van der Waals surface area (Å²) in [4.78, 5) is 12.4. The lowest BCUT2D eigenvalue weighted by Crippen LogP contribution is -2.31. The summed E-state index contributed by atoms with van der Waals surface area (Å²) < 4.78 is 7.88. The predicted octanol–water partition coefficient (Wildman–Crippen LogP) is 2.15. The van der Waals surface area contributed by atoms with Crippen LogP contribution in [0.15, 0.2) is 6.07 Å². The Kier molecular flexibility index (Phi) is 4.11. The maximum atomic E-state index is 12.4. The lowest BCUT2D eigenvalue weighted by atomic mass is 9.94. The molecule has 134 valence electrons. The van der Waals surface area contributed by atoms with Crippen molar-refractivity contribution < 1.29 is 9.53 Å². The lowest BCUT2D eigenvalue weighted by molar-refractivity contribution is 0.0837. The number of carbonyl (C=O) groups excluding carboxylic acids is 1. The number of aromatic amines is 1. The third-order valence-electron chi connectivity index (χ3n) is 5.44. The second kappa shape index (κ2) is 6.29. The van der Waals surface area contributed by atoms with E-state index >= 15 is 0 Å². The molecule has 0 bridgehead atoms. The van der Waals surface area contributed by atoms with E-state index in [1.54, 1.807) is 0 Å². The maximum Gasteiger partial charge on any atom is 0.271 e. The Morgan fingerprint density at radius 2 is 2.20 bits per heavy atom. The van der Waals surface area contributed by atoms with Crippen LogP contribution in [0.1, 0.15) is 64.4 Å². The Hall–Kier alpha value is -2.15. The highest BCUT2D eigenvalue weighted by atomic mass is 16.5. The SMILES string of the molecule is Cc1nn(C)c(C)c1[C@H]1OCC[C@@H]1CNC(=O)c1cc(C2CC2)[nH]n1. The van der Waals surface area contributed by atoms with Gasteiger partial charge < -0.3 is 10.1 Å². The van der Waals surface area contributed by atoms with E-state index in [0.29, 0.717) is 24.8 Å². The quantitative estimate of drug-likeness (QED) is 0.871. The van der Waals surface area contributed by atoms with Gasteiger partial charge >= 0.3 is 0 Å². The van der Waals surface area contributed by atoms with Gasteiger partial charge in [0, 0.05) is 49.0 Å². The third kappa shape index (κ3) is 3.08. The normalized spacial score (nSPS) is 23.2. The highest BCUT2D eigenvalue weighted by molar-refractivity contribution is 5.92. The molecule has 1 amide bonds. The van der Waals surface area contributed by atoms with E-state index in [0.717, 1.165) is 29.1 Å². The summed E-state index contributed by atoms with van der Waals surface area (Å²) in [6.45, 7) is 5.38. The molecule has 0 unspecified atom stereocenters. The first-order valence-corrected chi connectivity index (χ1v) is 8.99. The van der Waals surface area contributed by atoms with Crippen LogP contribution in [0.2, 0.25) is 0 Å². The number of aryl methyl sites for hydroxylation is 2. The number of hydrogen-bond acceptors (Lipinski definition) is 4. The molecule has 2 aromatic rings. The smallest absolute Gasteiger partial charge is 0.271 e. The van der Waals surface area contributed by atoms with Crippen molar-refractivity contribution in [1.29, 1.82) is 0 Å². The van der Waals surface area contributed by atoms with Gasteiger partial charge in [0.05, 0.1) is 11.8 Å². The average molecular weight is 343 g/mol. The molecule has 1 saturated heterocycles. The van der Waals surface area contributed by atoms with Crippen molar-refractivity contribution >= 4 is 5.91 Å². The van der Waals surface area contributed by atoms with Crippen molar-refractivity contribution in [2.75, 3.05) is 13.2 Å². The lowest BCUT2D eigenvalue weighted by Gasteiger charge is -2.19. The summed E-state index contributed by atoms with van der Waals surface area (Å²) >= 11 is 0. The summed E-state index contributed by atoms with van der Waals surface area (Å²) in [5, 5.41) is 14.7. The van der Waals surface area contributed by atoms with Gasteiger partial charge in [-0.3, -0.25) is 14.6 Å². The number of nitrogens with one attached hydrogen (secondary N) is 2. The Morgan fingerprint density at radius 3 is 2.88 bits per heavy atom. The predicted molar refractivity (Wildman–Crippen MR) is 92.4 cm³/mol. The molecule has 7 heteroatoms. The molecule has 2 aliphatic rings. The van der Waals surface area contributed by atoms with Crippen molar-refractivity contribution in [3.8, 4) is 0 Å². The molecule has 0 spiro atoms. The minimum atomic E-state index is -0.117. The van der Waals surface area contributed by atoms with E-state index < -0.39 is 0 Å². The molecule has 4 rings (SSSR count). The second-order valence-electron chi connectivity index (χ2n) is 7.24. The number of amides is 1. The van der Waals surface area contributed by atoms with E-state index in [9.17, 15) is 4.79 Å². The van der Waals surface area contributed by atoms with E-state index in [2.05, 4.69) is 27.5 Å². The van der Waals surface area contributed by atoms with Crippen LogP contribution in [0.5, 0.6) is 0 Å². The van der Waals surface area contributed by atoms with Crippen molar-refractivity contribution in [2.45, 2.75) is 45.1 Å². The summed E-state index contributed by atoms with van der Waals surface area (Å²) in [5.74, 6) is 0.707. The van der Waals surface area contributed by atoms with E-state index in [1.165, 1.54) is 12.8 Å². The Morgan fingerprint density at radius 1 is 1.40 bits per heavy atom. The molecule has 1 saturated carbocycles. The fourth-order valence-corrected chi connectivity index (χ4v) is 3.73. The first kappa shape index (κ1) is 16.3. The molecule has 2 N–H and O–H groups in total. The fraction of sp³-hybridized carbons (Fsp3) is 0.611. The van der Waals surface area contributed by atoms with E-state index in [1.807, 2.05) is 24.7 Å². The van der Waals surface area contributed by atoms with Gasteiger partial charge in [-0.2, -0.15) is 10.2 Å². The third-order valence-corrected chi connectivity index (χ3v) is 5.44. The molecule has 2 fully saturated rings. The van der Waals surface area contributed by atoms with Crippen LogP contribution in [0.4, 0.5) is 0 Å². The summed E-state index contributed by atoms with van der Waals surface area (Å²) in [5.41, 5.74) is 4.85. The second-order valence-corrected chi connectivity index (χ2v) is 7.24. The van der Waals surface area contributed by atoms with E-state index in [4.69, 9.17) is 4.74 Å². The van der Waals surface area contributed by atoms with Crippen molar-refractivity contribution in [3.63, 3.8) is 0 Å². The number of aromatic nitrogens is 4. The molecule has 25 heavy (non-hydrogen) atoms. The van der Waals surface area contributed by atoms with Gasteiger partial charge in [0.15, 0.2) is 0 Å². The standard InChI is InChI=1S/C18H25N5O2/c1-10-16(11(2)23(3)22-10)17-13(6-7-25-17)9-19-18(24)15-8-14(20-21-15)12-4-5-12/h8,12-13,17H,4-7,9H2,1-3H3,(H,19,24)(H,20,21)/t13-,17+/m1/s1. The molecule has 7 nitrogen and oxygen atoms in total. The highest BCUT2D eigenvalue weighted by Gasteiger charge is 2.34. The molecule has 0 radical (unpaired) electrons. The van der Waals surface area contributed by atoms with Crippen molar-refractivity contribution in [2.24, 2.45) is 13.0 Å². The van der Waals surface area contributed by atoms with Gasteiger partial charge in [0.1, 0.15) is 5.69 Å². The molecule has 2 atom stereocenters.